The number of rotatable bonds is 4. The molecule has 1 atom stereocenters. The summed E-state index contributed by atoms with van der Waals surface area (Å²) in [5, 5.41) is 9.57. The van der Waals surface area contributed by atoms with Crippen molar-refractivity contribution in [2.45, 2.75) is 19.1 Å². The van der Waals surface area contributed by atoms with Crippen molar-refractivity contribution < 1.29 is 5.11 Å². The number of aliphatic hydroxyl groups is 1. The summed E-state index contributed by atoms with van der Waals surface area (Å²) < 4.78 is 0. The monoisotopic (exact) mass is 180 g/mol. The van der Waals surface area contributed by atoms with Crippen molar-refractivity contribution in [3.8, 4) is 0 Å². The van der Waals surface area contributed by atoms with Crippen LogP contribution < -0.4 is 11.5 Å². The van der Waals surface area contributed by atoms with E-state index in [4.69, 9.17) is 11.5 Å². The van der Waals surface area contributed by atoms with Gasteiger partial charge in [-0.15, -0.1) is 0 Å². The normalized spacial score (nSPS) is 12.8. The van der Waals surface area contributed by atoms with Crippen molar-refractivity contribution in [2.24, 2.45) is 11.5 Å². The number of benzene rings is 1. The van der Waals surface area contributed by atoms with Crippen molar-refractivity contribution in [3.63, 3.8) is 0 Å². The van der Waals surface area contributed by atoms with Gasteiger partial charge in [-0.05, 0) is 24.1 Å². The van der Waals surface area contributed by atoms with E-state index in [1.165, 1.54) is 0 Å². The third-order valence-corrected chi connectivity index (χ3v) is 2.04. The van der Waals surface area contributed by atoms with Gasteiger partial charge >= 0.3 is 0 Å². The summed E-state index contributed by atoms with van der Waals surface area (Å²) in [4.78, 5) is 0. The SMILES string of the molecule is NCCC(O)c1ccc(CN)cc1. The van der Waals surface area contributed by atoms with Crippen LogP contribution in [0.5, 0.6) is 0 Å². The predicted molar refractivity (Wildman–Crippen MR) is 53.0 cm³/mol. The zero-order chi connectivity index (χ0) is 9.68. The summed E-state index contributed by atoms with van der Waals surface area (Å²) in [6.07, 6.45) is 0.152. The minimum Gasteiger partial charge on any atom is -0.388 e. The van der Waals surface area contributed by atoms with Crippen LogP contribution in [0.2, 0.25) is 0 Å². The average Bonchev–Trinajstić information content (AvgIpc) is 2.18. The predicted octanol–water partition coefficient (Wildman–Crippen LogP) is 0.528. The van der Waals surface area contributed by atoms with E-state index in [2.05, 4.69) is 0 Å². The second-order valence-corrected chi connectivity index (χ2v) is 3.04. The van der Waals surface area contributed by atoms with E-state index in [-0.39, 0.29) is 0 Å². The molecular weight excluding hydrogens is 164 g/mol. The average molecular weight is 180 g/mol. The molecule has 0 aliphatic rings. The molecule has 0 aromatic heterocycles. The molecule has 5 N–H and O–H groups in total. The summed E-state index contributed by atoms with van der Waals surface area (Å²) in [6.45, 7) is 1.03. The summed E-state index contributed by atoms with van der Waals surface area (Å²) in [5.41, 5.74) is 12.8. The highest BCUT2D eigenvalue weighted by atomic mass is 16.3. The minimum atomic E-state index is -0.447. The molecule has 72 valence electrons. The molecule has 0 saturated carbocycles. The van der Waals surface area contributed by atoms with Gasteiger partial charge in [-0.1, -0.05) is 24.3 Å². The maximum atomic E-state index is 9.57. The first-order valence-corrected chi connectivity index (χ1v) is 4.45. The van der Waals surface area contributed by atoms with Crippen LogP contribution >= 0.6 is 0 Å². The second kappa shape index (κ2) is 4.97. The molecule has 13 heavy (non-hydrogen) atoms. The molecule has 0 aliphatic carbocycles. The molecule has 0 amide bonds. The van der Waals surface area contributed by atoms with Gasteiger partial charge in [0.05, 0.1) is 6.10 Å². The molecule has 0 radical (unpaired) electrons. The van der Waals surface area contributed by atoms with Crippen LogP contribution in [-0.4, -0.2) is 11.7 Å². The van der Waals surface area contributed by atoms with E-state index in [9.17, 15) is 5.11 Å². The minimum absolute atomic E-state index is 0.447. The Hall–Kier alpha value is -0.900. The van der Waals surface area contributed by atoms with Gasteiger partial charge in [0.1, 0.15) is 0 Å². The van der Waals surface area contributed by atoms with Crippen LogP contribution in [0.1, 0.15) is 23.7 Å². The first-order valence-electron chi connectivity index (χ1n) is 4.45. The summed E-state index contributed by atoms with van der Waals surface area (Å²) in [5.74, 6) is 0. The quantitative estimate of drug-likeness (QED) is 0.632. The molecule has 3 nitrogen and oxygen atoms in total. The van der Waals surface area contributed by atoms with Crippen molar-refractivity contribution in [1.82, 2.24) is 0 Å². The molecule has 0 bridgehead atoms. The highest BCUT2D eigenvalue weighted by Crippen LogP contribution is 2.15. The summed E-state index contributed by atoms with van der Waals surface area (Å²) in [7, 11) is 0. The van der Waals surface area contributed by atoms with Crippen molar-refractivity contribution in [3.05, 3.63) is 35.4 Å². The molecule has 0 heterocycles. The lowest BCUT2D eigenvalue weighted by Crippen LogP contribution is -2.06. The number of aliphatic hydroxyl groups excluding tert-OH is 1. The number of hydrogen-bond acceptors (Lipinski definition) is 3. The highest BCUT2D eigenvalue weighted by molar-refractivity contribution is 5.23. The van der Waals surface area contributed by atoms with Gasteiger partial charge in [0.15, 0.2) is 0 Å². The molecule has 3 heteroatoms. The smallest absolute Gasteiger partial charge is 0.0802 e. The lowest BCUT2D eigenvalue weighted by atomic mass is 10.0. The standard InChI is InChI=1S/C10H16N2O/c11-6-5-10(13)9-3-1-8(7-12)2-4-9/h1-4,10,13H,5-7,11-12H2. The fourth-order valence-electron chi connectivity index (χ4n) is 1.20. The largest absolute Gasteiger partial charge is 0.388 e. The molecule has 0 saturated heterocycles. The first kappa shape index (κ1) is 10.2. The van der Waals surface area contributed by atoms with Gasteiger partial charge in [-0.3, -0.25) is 0 Å². The van der Waals surface area contributed by atoms with Crippen LogP contribution in [0.25, 0.3) is 0 Å². The van der Waals surface area contributed by atoms with Gasteiger partial charge in [0.25, 0.3) is 0 Å². The molecular formula is C10H16N2O. The lowest BCUT2D eigenvalue weighted by molar-refractivity contribution is 0.170. The van der Waals surface area contributed by atoms with E-state index in [0.717, 1.165) is 11.1 Å². The maximum Gasteiger partial charge on any atom is 0.0802 e. The molecule has 1 rings (SSSR count). The number of nitrogens with two attached hydrogens (primary N) is 2. The molecule has 1 unspecified atom stereocenters. The topological polar surface area (TPSA) is 72.3 Å². The Kier molecular flexibility index (Phi) is 3.89. The fraction of sp³-hybridized carbons (Fsp3) is 0.400. The third-order valence-electron chi connectivity index (χ3n) is 2.04. The van der Waals surface area contributed by atoms with E-state index in [1.54, 1.807) is 0 Å². The maximum absolute atomic E-state index is 9.57. The van der Waals surface area contributed by atoms with Crippen LogP contribution in [-0.2, 0) is 6.54 Å². The Morgan fingerprint density at radius 3 is 2.23 bits per heavy atom. The van der Waals surface area contributed by atoms with Gasteiger partial charge in [-0.2, -0.15) is 0 Å². The van der Waals surface area contributed by atoms with E-state index < -0.39 is 6.10 Å². The van der Waals surface area contributed by atoms with Crippen molar-refractivity contribution >= 4 is 0 Å². The summed E-state index contributed by atoms with van der Waals surface area (Å²) in [6, 6.07) is 7.63. The van der Waals surface area contributed by atoms with Crippen LogP contribution in [0.3, 0.4) is 0 Å². The zero-order valence-electron chi connectivity index (χ0n) is 7.61. The Morgan fingerprint density at radius 2 is 1.77 bits per heavy atom. The molecule has 1 aromatic rings. The Labute approximate surface area is 78.4 Å². The van der Waals surface area contributed by atoms with Crippen molar-refractivity contribution in [2.75, 3.05) is 6.54 Å². The fourth-order valence-corrected chi connectivity index (χ4v) is 1.20. The van der Waals surface area contributed by atoms with Crippen molar-refractivity contribution in [1.29, 1.82) is 0 Å². The van der Waals surface area contributed by atoms with Gasteiger partial charge in [0.2, 0.25) is 0 Å². The van der Waals surface area contributed by atoms with Crippen LogP contribution in [0.4, 0.5) is 0 Å². The molecule has 0 spiro atoms. The first-order chi connectivity index (χ1) is 6.27. The molecule has 0 fully saturated rings. The molecule has 1 aromatic carbocycles. The Morgan fingerprint density at radius 1 is 1.15 bits per heavy atom. The number of hydrogen-bond donors (Lipinski definition) is 3. The van der Waals surface area contributed by atoms with Gasteiger partial charge < -0.3 is 16.6 Å². The second-order valence-electron chi connectivity index (χ2n) is 3.04. The highest BCUT2D eigenvalue weighted by Gasteiger charge is 2.04. The van der Waals surface area contributed by atoms with Gasteiger partial charge in [0, 0.05) is 6.54 Å². The zero-order valence-corrected chi connectivity index (χ0v) is 7.61. The Bertz CT molecular complexity index is 246. The van der Waals surface area contributed by atoms with E-state index in [1.807, 2.05) is 24.3 Å². The lowest BCUT2D eigenvalue weighted by Gasteiger charge is -2.09. The third kappa shape index (κ3) is 2.81. The molecule has 0 aliphatic heterocycles. The van der Waals surface area contributed by atoms with E-state index >= 15 is 0 Å². The Balaban J connectivity index is 2.67. The van der Waals surface area contributed by atoms with Crippen LogP contribution in [0, 0.1) is 0 Å². The van der Waals surface area contributed by atoms with Crippen LogP contribution in [0.15, 0.2) is 24.3 Å². The van der Waals surface area contributed by atoms with E-state index in [0.29, 0.717) is 19.5 Å². The van der Waals surface area contributed by atoms with Gasteiger partial charge in [-0.25, -0.2) is 0 Å². The summed E-state index contributed by atoms with van der Waals surface area (Å²) >= 11 is 0.